The quantitative estimate of drug-likeness (QED) is 0.488. The lowest BCUT2D eigenvalue weighted by Gasteiger charge is -2.40. The first-order valence-electron chi connectivity index (χ1n) is 11.4. The van der Waals surface area contributed by atoms with Crippen molar-refractivity contribution < 1.29 is 0 Å². The Morgan fingerprint density at radius 1 is 0.478 bits per heavy atom. The van der Waals surface area contributed by atoms with Crippen molar-refractivity contribution in [3.05, 3.63) is 0 Å². The molecule has 0 radical (unpaired) electrons. The first-order valence-corrected chi connectivity index (χ1v) is 11.4. The van der Waals surface area contributed by atoms with Gasteiger partial charge in [0.25, 0.3) is 0 Å². The summed E-state index contributed by atoms with van der Waals surface area (Å²) in [6, 6.07) is 0. The summed E-state index contributed by atoms with van der Waals surface area (Å²) in [4.78, 5) is 0. The van der Waals surface area contributed by atoms with Crippen molar-refractivity contribution in [1.82, 2.24) is 0 Å². The van der Waals surface area contributed by atoms with Crippen LogP contribution in [0.1, 0.15) is 116 Å². The van der Waals surface area contributed by atoms with E-state index in [2.05, 4.69) is 6.92 Å². The summed E-state index contributed by atoms with van der Waals surface area (Å²) in [7, 11) is 0. The fourth-order valence-electron chi connectivity index (χ4n) is 6.35. The highest BCUT2D eigenvalue weighted by Crippen LogP contribution is 2.45. The Morgan fingerprint density at radius 3 is 1.65 bits per heavy atom. The number of hydrogen-bond donors (Lipinski definition) is 0. The lowest BCUT2D eigenvalue weighted by Crippen LogP contribution is -2.29. The van der Waals surface area contributed by atoms with Crippen LogP contribution in [-0.4, -0.2) is 0 Å². The van der Waals surface area contributed by atoms with Gasteiger partial charge in [-0.05, 0) is 48.9 Å². The zero-order valence-electron chi connectivity index (χ0n) is 15.9. The molecule has 0 bridgehead atoms. The topological polar surface area (TPSA) is 0 Å². The molecule has 23 heavy (non-hydrogen) atoms. The maximum Gasteiger partial charge on any atom is -0.0380 e. The average molecular weight is 319 g/mol. The van der Waals surface area contributed by atoms with Crippen molar-refractivity contribution in [1.29, 1.82) is 0 Å². The van der Waals surface area contributed by atoms with E-state index in [0.717, 1.165) is 29.6 Å². The van der Waals surface area contributed by atoms with Crippen LogP contribution in [0.3, 0.4) is 0 Å². The molecule has 3 aliphatic rings. The second-order valence-corrected chi connectivity index (χ2v) is 9.35. The highest BCUT2D eigenvalue weighted by Gasteiger charge is 2.33. The molecule has 0 aromatic rings. The van der Waals surface area contributed by atoms with Gasteiger partial charge in [-0.2, -0.15) is 0 Å². The van der Waals surface area contributed by atoms with Crippen LogP contribution in [0.5, 0.6) is 0 Å². The molecule has 0 aliphatic heterocycles. The van der Waals surface area contributed by atoms with Gasteiger partial charge in [-0.3, -0.25) is 0 Å². The number of fused-ring (bicyclic) bond motifs is 1. The minimum absolute atomic E-state index is 1.06. The van der Waals surface area contributed by atoms with Crippen molar-refractivity contribution in [3.63, 3.8) is 0 Å². The van der Waals surface area contributed by atoms with Gasteiger partial charge >= 0.3 is 0 Å². The average Bonchev–Trinajstić information content (AvgIpc) is 2.65. The molecule has 0 nitrogen and oxygen atoms in total. The van der Waals surface area contributed by atoms with Crippen molar-refractivity contribution in [3.8, 4) is 0 Å². The molecule has 3 aliphatic carbocycles. The standard InChI is InChI=1S/C23H42/c1-2-19-15-16-21-13-7-4-3-5-8-14-22(18-23(21)17-19)20-11-9-6-10-12-20/h19-23H,2-18H2,1H3. The molecule has 3 fully saturated rings. The summed E-state index contributed by atoms with van der Waals surface area (Å²) in [6.07, 6.45) is 26.3. The van der Waals surface area contributed by atoms with E-state index in [-0.39, 0.29) is 0 Å². The smallest absolute Gasteiger partial charge is 0.0380 e. The molecule has 3 saturated carbocycles. The van der Waals surface area contributed by atoms with E-state index in [1.807, 2.05) is 0 Å². The molecule has 4 atom stereocenters. The van der Waals surface area contributed by atoms with Crippen LogP contribution >= 0.6 is 0 Å². The second kappa shape index (κ2) is 9.47. The van der Waals surface area contributed by atoms with Gasteiger partial charge < -0.3 is 0 Å². The van der Waals surface area contributed by atoms with Gasteiger partial charge in [-0.25, -0.2) is 0 Å². The highest BCUT2D eigenvalue weighted by molar-refractivity contribution is 4.85. The second-order valence-electron chi connectivity index (χ2n) is 9.35. The van der Waals surface area contributed by atoms with Crippen molar-refractivity contribution in [2.24, 2.45) is 29.6 Å². The van der Waals surface area contributed by atoms with Gasteiger partial charge in [-0.1, -0.05) is 96.8 Å². The fourth-order valence-corrected chi connectivity index (χ4v) is 6.35. The minimum atomic E-state index is 1.06. The number of rotatable bonds is 2. The molecule has 0 aromatic heterocycles. The van der Waals surface area contributed by atoms with E-state index in [1.165, 1.54) is 57.8 Å². The summed E-state index contributed by atoms with van der Waals surface area (Å²) in [5.74, 6) is 5.46. The Labute approximate surface area is 146 Å². The van der Waals surface area contributed by atoms with E-state index in [4.69, 9.17) is 0 Å². The Morgan fingerprint density at radius 2 is 1.00 bits per heavy atom. The summed E-state index contributed by atoms with van der Waals surface area (Å²) in [5.41, 5.74) is 0. The highest BCUT2D eigenvalue weighted by atomic mass is 14.4. The maximum atomic E-state index is 2.44. The van der Waals surface area contributed by atoms with E-state index >= 15 is 0 Å². The van der Waals surface area contributed by atoms with E-state index in [1.54, 1.807) is 51.4 Å². The third-order valence-corrected chi connectivity index (χ3v) is 7.90. The largest absolute Gasteiger partial charge is 0.0651 e. The summed E-state index contributed by atoms with van der Waals surface area (Å²) < 4.78 is 0. The zero-order chi connectivity index (χ0) is 15.9. The van der Waals surface area contributed by atoms with E-state index in [0.29, 0.717) is 0 Å². The van der Waals surface area contributed by atoms with Gasteiger partial charge in [0.05, 0.1) is 0 Å². The van der Waals surface area contributed by atoms with Crippen molar-refractivity contribution in [2.75, 3.05) is 0 Å². The Kier molecular flexibility index (Phi) is 7.34. The Balaban J connectivity index is 1.66. The molecular weight excluding hydrogens is 276 g/mol. The van der Waals surface area contributed by atoms with Crippen LogP contribution in [0.4, 0.5) is 0 Å². The van der Waals surface area contributed by atoms with Crippen molar-refractivity contribution in [2.45, 2.75) is 116 Å². The molecule has 3 rings (SSSR count). The first-order chi connectivity index (χ1) is 11.4. The summed E-state index contributed by atoms with van der Waals surface area (Å²) in [6.45, 7) is 2.44. The van der Waals surface area contributed by atoms with E-state index < -0.39 is 0 Å². The van der Waals surface area contributed by atoms with Gasteiger partial charge in [0.1, 0.15) is 0 Å². The molecular formula is C23H42. The third kappa shape index (κ3) is 5.23. The maximum absolute atomic E-state index is 2.44. The first kappa shape index (κ1) is 17.8. The molecule has 0 amide bonds. The number of hydrogen-bond acceptors (Lipinski definition) is 0. The lowest BCUT2D eigenvalue weighted by molar-refractivity contribution is 0.109. The van der Waals surface area contributed by atoms with E-state index in [9.17, 15) is 0 Å². The predicted molar refractivity (Wildman–Crippen MR) is 102 cm³/mol. The molecule has 0 heterocycles. The monoisotopic (exact) mass is 318 g/mol. The molecule has 0 spiro atoms. The molecule has 4 unspecified atom stereocenters. The van der Waals surface area contributed by atoms with Gasteiger partial charge in [0.2, 0.25) is 0 Å². The molecule has 0 aromatic carbocycles. The SMILES string of the molecule is CCC1CCC2CCCCCCCC(C3CCCCC3)CC2C1. The predicted octanol–water partition coefficient (Wildman–Crippen LogP) is 7.76. The van der Waals surface area contributed by atoms with Gasteiger partial charge in [0, 0.05) is 0 Å². The summed E-state index contributed by atoms with van der Waals surface area (Å²) >= 11 is 0. The van der Waals surface area contributed by atoms with Gasteiger partial charge in [-0.15, -0.1) is 0 Å². The fraction of sp³-hybridized carbons (Fsp3) is 1.00. The third-order valence-electron chi connectivity index (χ3n) is 7.90. The molecule has 0 heteroatoms. The normalized spacial score (nSPS) is 38.5. The lowest BCUT2D eigenvalue weighted by atomic mass is 9.65. The molecule has 134 valence electrons. The van der Waals surface area contributed by atoms with Crippen LogP contribution in [0.25, 0.3) is 0 Å². The minimum Gasteiger partial charge on any atom is -0.0651 e. The van der Waals surface area contributed by atoms with Gasteiger partial charge in [0.15, 0.2) is 0 Å². The van der Waals surface area contributed by atoms with Crippen LogP contribution < -0.4 is 0 Å². The summed E-state index contributed by atoms with van der Waals surface area (Å²) in [5, 5.41) is 0. The van der Waals surface area contributed by atoms with Crippen LogP contribution in [0.15, 0.2) is 0 Å². The van der Waals surface area contributed by atoms with Crippen LogP contribution in [0, 0.1) is 29.6 Å². The Bertz CT molecular complexity index is 314. The molecule has 0 N–H and O–H groups in total. The zero-order valence-corrected chi connectivity index (χ0v) is 15.9. The van der Waals surface area contributed by atoms with Crippen LogP contribution in [-0.2, 0) is 0 Å². The van der Waals surface area contributed by atoms with Crippen LogP contribution in [0.2, 0.25) is 0 Å². The molecule has 0 saturated heterocycles. The Hall–Kier alpha value is 0. The van der Waals surface area contributed by atoms with Crippen molar-refractivity contribution >= 4 is 0 Å².